The van der Waals surface area contributed by atoms with Crippen LogP contribution in [0.1, 0.15) is 54.7 Å². The van der Waals surface area contributed by atoms with Gasteiger partial charge in [0, 0.05) is 57.9 Å². The molecule has 8 heteroatoms. The molecule has 2 aliphatic rings. The smallest absolute Gasteiger partial charge is 0.223 e. The highest BCUT2D eigenvalue weighted by atomic mass is 19.1. The van der Waals surface area contributed by atoms with Crippen molar-refractivity contribution in [1.82, 2.24) is 19.8 Å². The van der Waals surface area contributed by atoms with Gasteiger partial charge in [0.2, 0.25) is 11.8 Å². The molecule has 0 radical (unpaired) electrons. The number of amides is 2. The fourth-order valence-electron chi connectivity index (χ4n) is 4.59. The van der Waals surface area contributed by atoms with E-state index in [2.05, 4.69) is 5.32 Å². The zero-order valence-corrected chi connectivity index (χ0v) is 18.7. The van der Waals surface area contributed by atoms with Gasteiger partial charge in [-0.1, -0.05) is 18.2 Å². The van der Waals surface area contributed by atoms with Gasteiger partial charge in [0.25, 0.3) is 0 Å². The normalized spacial score (nSPS) is 16.6. The molecule has 4 rings (SSSR count). The van der Waals surface area contributed by atoms with Crippen LogP contribution in [0.3, 0.4) is 0 Å². The number of fused-ring (bicyclic) bond motifs is 1. The maximum atomic E-state index is 13.9. The second-order valence-electron chi connectivity index (χ2n) is 8.54. The SMILES string of the molecule is CNc1nc(C2CCN(C(C)=O)CC2)nc2c1CN(C(=O)CCc1ccccc1F)CC2. The first-order valence-electron chi connectivity index (χ1n) is 11.3. The lowest BCUT2D eigenvalue weighted by molar-refractivity contribution is -0.132. The van der Waals surface area contributed by atoms with Crippen LogP contribution in [0.4, 0.5) is 10.2 Å². The molecule has 1 saturated heterocycles. The van der Waals surface area contributed by atoms with E-state index < -0.39 is 0 Å². The van der Waals surface area contributed by atoms with Crippen molar-refractivity contribution in [3.63, 3.8) is 0 Å². The molecule has 7 nitrogen and oxygen atoms in total. The van der Waals surface area contributed by atoms with E-state index in [0.717, 1.165) is 48.8 Å². The van der Waals surface area contributed by atoms with Crippen LogP contribution in [-0.2, 0) is 29.0 Å². The van der Waals surface area contributed by atoms with Crippen LogP contribution in [-0.4, -0.2) is 58.3 Å². The standard InChI is InChI=1S/C24H30FN5O2/c1-16(31)29-12-9-18(10-13-29)23-27-21-11-14-30(15-19(21)24(26-2)28-23)22(32)8-7-17-5-3-4-6-20(17)25/h3-6,18H,7-15H2,1-2H3,(H,26,27,28). The highest BCUT2D eigenvalue weighted by molar-refractivity contribution is 5.77. The highest BCUT2D eigenvalue weighted by Gasteiger charge is 2.29. The number of carbonyl (C=O) groups is 2. The van der Waals surface area contributed by atoms with Gasteiger partial charge >= 0.3 is 0 Å². The number of halogens is 1. The van der Waals surface area contributed by atoms with E-state index >= 15 is 0 Å². The molecule has 2 aliphatic heterocycles. The highest BCUT2D eigenvalue weighted by Crippen LogP contribution is 2.30. The quantitative estimate of drug-likeness (QED) is 0.775. The minimum absolute atomic E-state index is 0.0154. The molecule has 1 N–H and O–H groups in total. The van der Waals surface area contributed by atoms with E-state index in [-0.39, 0.29) is 30.0 Å². The second kappa shape index (κ2) is 9.63. The minimum Gasteiger partial charge on any atom is -0.373 e. The van der Waals surface area contributed by atoms with Gasteiger partial charge in [-0.15, -0.1) is 0 Å². The molecule has 0 saturated carbocycles. The Hall–Kier alpha value is -3.03. The van der Waals surface area contributed by atoms with Crippen LogP contribution in [0.25, 0.3) is 0 Å². The Balaban J connectivity index is 1.43. The van der Waals surface area contributed by atoms with Crippen LogP contribution < -0.4 is 5.32 Å². The molecule has 3 heterocycles. The van der Waals surface area contributed by atoms with Gasteiger partial charge in [-0.3, -0.25) is 9.59 Å². The van der Waals surface area contributed by atoms with Gasteiger partial charge in [-0.05, 0) is 30.9 Å². The number of hydrogen-bond donors (Lipinski definition) is 1. The number of anilines is 1. The Bertz CT molecular complexity index is 987. The summed E-state index contributed by atoms with van der Waals surface area (Å²) in [5.41, 5.74) is 2.52. The van der Waals surface area contributed by atoms with Crippen molar-refractivity contribution in [1.29, 1.82) is 0 Å². The Morgan fingerprint density at radius 1 is 1.12 bits per heavy atom. The Labute approximate surface area is 188 Å². The summed E-state index contributed by atoms with van der Waals surface area (Å²) < 4.78 is 13.9. The molecule has 170 valence electrons. The zero-order chi connectivity index (χ0) is 22.7. The monoisotopic (exact) mass is 439 g/mol. The first-order valence-corrected chi connectivity index (χ1v) is 11.3. The third-order valence-electron chi connectivity index (χ3n) is 6.54. The van der Waals surface area contributed by atoms with Gasteiger partial charge in [0.15, 0.2) is 0 Å². The molecule has 1 aromatic heterocycles. The maximum Gasteiger partial charge on any atom is 0.223 e. The predicted molar refractivity (Wildman–Crippen MR) is 120 cm³/mol. The average molecular weight is 440 g/mol. The minimum atomic E-state index is -0.267. The molecule has 1 aromatic carbocycles. The van der Waals surface area contributed by atoms with Crippen molar-refractivity contribution < 1.29 is 14.0 Å². The van der Waals surface area contributed by atoms with Gasteiger partial charge in [-0.2, -0.15) is 0 Å². The number of hydrogen-bond acceptors (Lipinski definition) is 5. The molecule has 32 heavy (non-hydrogen) atoms. The summed E-state index contributed by atoms with van der Waals surface area (Å²) in [7, 11) is 1.84. The van der Waals surface area contributed by atoms with E-state index in [4.69, 9.17) is 9.97 Å². The molecular formula is C24H30FN5O2. The molecule has 0 spiro atoms. The molecule has 2 aromatic rings. The Morgan fingerprint density at radius 3 is 2.56 bits per heavy atom. The summed E-state index contributed by atoms with van der Waals surface area (Å²) in [5.74, 6) is 1.70. The summed E-state index contributed by atoms with van der Waals surface area (Å²) in [6.45, 7) is 4.15. The third kappa shape index (κ3) is 4.74. The van der Waals surface area contributed by atoms with Gasteiger partial charge in [0.1, 0.15) is 17.5 Å². The summed E-state index contributed by atoms with van der Waals surface area (Å²) in [6.07, 6.45) is 3.07. The molecule has 0 unspecified atom stereocenters. The van der Waals surface area contributed by atoms with E-state index in [1.54, 1.807) is 25.1 Å². The number of carbonyl (C=O) groups excluding carboxylic acids is 2. The van der Waals surface area contributed by atoms with E-state index in [9.17, 15) is 14.0 Å². The van der Waals surface area contributed by atoms with Gasteiger partial charge in [0.05, 0.1) is 12.2 Å². The molecule has 1 fully saturated rings. The Morgan fingerprint density at radius 2 is 1.88 bits per heavy atom. The van der Waals surface area contributed by atoms with Crippen molar-refractivity contribution in [3.05, 3.63) is 52.7 Å². The second-order valence-corrected chi connectivity index (χ2v) is 8.54. The fraction of sp³-hybridized carbons (Fsp3) is 0.500. The number of aryl methyl sites for hydroxylation is 1. The summed E-state index contributed by atoms with van der Waals surface area (Å²) >= 11 is 0. The summed E-state index contributed by atoms with van der Waals surface area (Å²) in [4.78, 5) is 37.7. The first kappa shape index (κ1) is 22.2. The lowest BCUT2D eigenvalue weighted by atomic mass is 9.95. The Kier molecular flexibility index (Phi) is 6.67. The van der Waals surface area contributed by atoms with Crippen LogP contribution in [0.15, 0.2) is 24.3 Å². The lowest BCUT2D eigenvalue weighted by Gasteiger charge is -2.33. The third-order valence-corrected chi connectivity index (χ3v) is 6.54. The number of likely N-dealkylation sites (tertiary alicyclic amines) is 1. The number of rotatable bonds is 5. The van der Waals surface area contributed by atoms with Crippen molar-refractivity contribution in [2.75, 3.05) is 32.0 Å². The zero-order valence-electron chi connectivity index (χ0n) is 18.7. The van der Waals surface area contributed by atoms with E-state index in [1.807, 2.05) is 16.8 Å². The van der Waals surface area contributed by atoms with Crippen LogP contribution in [0.5, 0.6) is 0 Å². The van der Waals surface area contributed by atoms with Crippen molar-refractivity contribution in [2.45, 2.75) is 51.5 Å². The predicted octanol–water partition coefficient (Wildman–Crippen LogP) is 2.90. The van der Waals surface area contributed by atoms with Crippen LogP contribution in [0, 0.1) is 5.82 Å². The molecule has 0 aliphatic carbocycles. The largest absolute Gasteiger partial charge is 0.373 e. The number of nitrogens with zero attached hydrogens (tertiary/aromatic N) is 4. The lowest BCUT2D eigenvalue weighted by Crippen LogP contribution is -2.38. The van der Waals surface area contributed by atoms with Crippen molar-refractivity contribution in [2.24, 2.45) is 0 Å². The molecule has 2 amide bonds. The number of benzene rings is 1. The number of nitrogens with one attached hydrogen (secondary N) is 1. The van der Waals surface area contributed by atoms with Crippen LogP contribution in [0.2, 0.25) is 0 Å². The average Bonchev–Trinajstić information content (AvgIpc) is 2.82. The fourth-order valence-corrected chi connectivity index (χ4v) is 4.59. The maximum absolute atomic E-state index is 13.9. The van der Waals surface area contributed by atoms with E-state index in [0.29, 0.717) is 31.5 Å². The van der Waals surface area contributed by atoms with Crippen LogP contribution >= 0.6 is 0 Å². The van der Waals surface area contributed by atoms with Gasteiger partial charge in [-0.25, -0.2) is 14.4 Å². The van der Waals surface area contributed by atoms with Gasteiger partial charge < -0.3 is 15.1 Å². The van der Waals surface area contributed by atoms with Crippen molar-refractivity contribution in [3.8, 4) is 0 Å². The molecule has 0 atom stereocenters. The number of aromatic nitrogens is 2. The summed E-state index contributed by atoms with van der Waals surface area (Å²) in [5, 5.41) is 3.18. The summed E-state index contributed by atoms with van der Waals surface area (Å²) in [6, 6.07) is 6.60. The topological polar surface area (TPSA) is 78.4 Å². The number of piperidine rings is 1. The van der Waals surface area contributed by atoms with Crippen molar-refractivity contribution >= 4 is 17.6 Å². The molecule has 0 bridgehead atoms. The molecular weight excluding hydrogens is 409 g/mol. The van der Waals surface area contributed by atoms with E-state index in [1.165, 1.54) is 6.07 Å². The first-order chi connectivity index (χ1) is 15.5.